The van der Waals surface area contributed by atoms with E-state index >= 15 is 0 Å². The van der Waals surface area contributed by atoms with Crippen LogP contribution in [0.4, 0.5) is 0 Å². The Labute approximate surface area is 119 Å². The minimum absolute atomic E-state index is 0.0281. The molecule has 0 aliphatic heterocycles. The van der Waals surface area contributed by atoms with Crippen molar-refractivity contribution < 1.29 is 0 Å². The standard InChI is InChI=1S/C15H21N3S/c1-3-10-18-15(8-9-17-18)14(16)11-19-13-6-4-12(2)5-7-13/h4-9,14H,3,10-11,16H2,1-2H3. The molecule has 102 valence electrons. The predicted molar refractivity (Wildman–Crippen MR) is 81.3 cm³/mol. The van der Waals surface area contributed by atoms with Crippen molar-refractivity contribution in [2.24, 2.45) is 5.73 Å². The molecule has 2 N–H and O–H groups in total. The number of rotatable bonds is 6. The van der Waals surface area contributed by atoms with Gasteiger partial charge in [-0.3, -0.25) is 4.68 Å². The van der Waals surface area contributed by atoms with E-state index in [1.165, 1.54) is 10.5 Å². The van der Waals surface area contributed by atoms with Crippen LogP contribution in [0.15, 0.2) is 41.4 Å². The zero-order valence-corrected chi connectivity index (χ0v) is 12.4. The first-order valence-electron chi connectivity index (χ1n) is 6.67. The summed E-state index contributed by atoms with van der Waals surface area (Å²) in [5.41, 5.74) is 8.68. The Morgan fingerprint density at radius 2 is 2.00 bits per heavy atom. The van der Waals surface area contributed by atoms with Crippen molar-refractivity contribution in [2.75, 3.05) is 5.75 Å². The predicted octanol–water partition coefficient (Wildman–Crippen LogP) is 3.39. The maximum atomic E-state index is 6.27. The molecule has 1 aromatic carbocycles. The van der Waals surface area contributed by atoms with Crippen LogP contribution in [0.1, 0.15) is 30.6 Å². The first kappa shape index (κ1) is 14.2. The van der Waals surface area contributed by atoms with E-state index in [2.05, 4.69) is 43.2 Å². The Morgan fingerprint density at radius 1 is 1.26 bits per heavy atom. The number of thioether (sulfide) groups is 1. The van der Waals surface area contributed by atoms with Gasteiger partial charge in [0, 0.05) is 23.4 Å². The smallest absolute Gasteiger partial charge is 0.0562 e. The second-order valence-corrected chi connectivity index (χ2v) is 5.80. The molecule has 0 aliphatic rings. The van der Waals surface area contributed by atoms with Crippen molar-refractivity contribution in [3.63, 3.8) is 0 Å². The summed E-state index contributed by atoms with van der Waals surface area (Å²) in [6.07, 6.45) is 2.91. The fourth-order valence-corrected chi connectivity index (χ4v) is 2.83. The van der Waals surface area contributed by atoms with E-state index < -0.39 is 0 Å². The third-order valence-electron chi connectivity index (χ3n) is 3.02. The molecule has 2 rings (SSSR count). The molecule has 0 amide bonds. The lowest BCUT2D eigenvalue weighted by atomic mass is 10.2. The molecule has 0 aliphatic carbocycles. The third kappa shape index (κ3) is 3.85. The zero-order chi connectivity index (χ0) is 13.7. The Hall–Kier alpha value is -1.26. The highest BCUT2D eigenvalue weighted by atomic mass is 32.2. The molecular weight excluding hydrogens is 254 g/mol. The van der Waals surface area contributed by atoms with E-state index in [1.54, 1.807) is 11.8 Å². The van der Waals surface area contributed by atoms with Crippen LogP contribution in [0, 0.1) is 6.92 Å². The van der Waals surface area contributed by atoms with Gasteiger partial charge in [-0.25, -0.2) is 0 Å². The lowest BCUT2D eigenvalue weighted by Crippen LogP contribution is -2.18. The SMILES string of the molecule is CCCn1nccc1C(N)CSc1ccc(C)cc1. The van der Waals surface area contributed by atoms with Crippen molar-refractivity contribution in [2.45, 2.75) is 37.8 Å². The molecule has 0 bridgehead atoms. The van der Waals surface area contributed by atoms with E-state index in [0.29, 0.717) is 0 Å². The molecule has 3 nitrogen and oxygen atoms in total. The molecule has 0 spiro atoms. The monoisotopic (exact) mass is 275 g/mol. The number of nitrogens with two attached hydrogens (primary N) is 1. The Bertz CT molecular complexity index is 504. The summed E-state index contributed by atoms with van der Waals surface area (Å²) in [7, 11) is 0. The molecule has 0 fully saturated rings. The molecule has 0 saturated carbocycles. The second kappa shape index (κ2) is 6.78. The van der Waals surface area contributed by atoms with Crippen LogP contribution in [0.3, 0.4) is 0 Å². The van der Waals surface area contributed by atoms with Crippen molar-refractivity contribution >= 4 is 11.8 Å². The largest absolute Gasteiger partial charge is 0.322 e. The minimum atomic E-state index is 0.0281. The van der Waals surface area contributed by atoms with Gasteiger partial charge in [0.05, 0.1) is 11.7 Å². The quantitative estimate of drug-likeness (QED) is 0.822. The fourth-order valence-electron chi connectivity index (χ4n) is 1.96. The topological polar surface area (TPSA) is 43.8 Å². The van der Waals surface area contributed by atoms with Gasteiger partial charge < -0.3 is 5.73 Å². The first-order chi connectivity index (χ1) is 9.20. The van der Waals surface area contributed by atoms with Gasteiger partial charge in [-0.2, -0.15) is 5.10 Å². The highest BCUT2D eigenvalue weighted by Gasteiger charge is 2.11. The molecule has 1 unspecified atom stereocenters. The zero-order valence-electron chi connectivity index (χ0n) is 11.5. The van der Waals surface area contributed by atoms with Crippen LogP contribution in [-0.2, 0) is 6.54 Å². The Kier molecular flexibility index (Phi) is 5.05. The van der Waals surface area contributed by atoms with Gasteiger partial charge in [-0.05, 0) is 31.5 Å². The first-order valence-corrected chi connectivity index (χ1v) is 7.66. The minimum Gasteiger partial charge on any atom is -0.322 e. The van der Waals surface area contributed by atoms with E-state index in [1.807, 2.05) is 16.9 Å². The van der Waals surface area contributed by atoms with Crippen LogP contribution >= 0.6 is 11.8 Å². The number of benzene rings is 1. The number of hydrogen-bond donors (Lipinski definition) is 1. The third-order valence-corrected chi connectivity index (χ3v) is 4.15. The van der Waals surface area contributed by atoms with Crippen LogP contribution < -0.4 is 5.73 Å². The number of hydrogen-bond acceptors (Lipinski definition) is 3. The Balaban J connectivity index is 1.95. The average Bonchev–Trinajstić information content (AvgIpc) is 2.86. The van der Waals surface area contributed by atoms with E-state index in [9.17, 15) is 0 Å². The summed E-state index contributed by atoms with van der Waals surface area (Å²) in [4.78, 5) is 1.27. The van der Waals surface area contributed by atoms with Crippen LogP contribution in [-0.4, -0.2) is 15.5 Å². The maximum absolute atomic E-state index is 6.27. The summed E-state index contributed by atoms with van der Waals surface area (Å²) < 4.78 is 2.01. The molecule has 1 atom stereocenters. The Morgan fingerprint density at radius 3 is 2.68 bits per heavy atom. The summed E-state index contributed by atoms with van der Waals surface area (Å²) in [5, 5.41) is 4.32. The van der Waals surface area contributed by atoms with Crippen LogP contribution in [0.5, 0.6) is 0 Å². The molecule has 4 heteroatoms. The van der Waals surface area contributed by atoms with Gasteiger partial charge in [-0.15, -0.1) is 11.8 Å². The molecule has 19 heavy (non-hydrogen) atoms. The lowest BCUT2D eigenvalue weighted by Gasteiger charge is -2.13. The highest BCUT2D eigenvalue weighted by molar-refractivity contribution is 7.99. The number of aryl methyl sites for hydroxylation is 2. The maximum Gasteiger partial charge on any atom is 0.0562 e. The summed E-state index contributed by atoms with van der Waals surface area (Å²) in [6, 6.07) is 10.6. The van der Waals surface area contributed by atoms with Crippen molar-refractivity contribution in [3.05, 3.63) is 47.8 Å². The van der Waals surface area contributed by atoms with Gasteiger partial charge in [0.2, 0.25) is 0 Å². The lowest BCUT2D eigenvalue weighted by molar-refractivity contribution is 0.554. The van der Waals surface area contributed by atoms with Crippen LogP contribution in [0.25, 0.3) is 0 Å². The van der Waals surface area contributed by atoms with E-state index in [4.69, 9.17) is 5.73 Å². The second-order valence-electron chi connectivity index (χ2n) is 4.71. The number of nitrogens with zero attached hydrogens (tertiary/aromatic N) is 2. The molecule has 1 aromatic heterocycles. The molecule has 1 heterocycles. The van der Waals surface area contributed by atoms with Gasteiger partial charge in [-0.1, -0.05) is 24.6 Å². The normalized spacial score (nSPS) is 12.6. The summed E-state index contributed by atoms with van der Waals surface area (Å²) in [5.74, 6) is 0.873. The van der Waals surface area contributed by atoms with Gasteiger partial charge in [0.1, 0.15) is 0 Å². The van der Waals surface area contributed by atoms with Gasteiger partial charge >= 0.3 is 0 Å². The van der Waals surface area contributed by atoms with Crippen molar-refractivity contribution in [1.82, 2.24) is 9.78 Å². The van der Waals surface area contributed by atoms with Gasteiger partial charge in [0.15, 0.2) is 0 Å². The van der Waals surface area contributed by atoms with Crippen molar-refractivity contribution in [1.29, 1.82) is 0 Å². The number of aromatic nitrogens is 2. The van der Waals surface area contributed by atoms with Crippen molar-refractivity contribution in [3.8, 4) is 0 Å². The van der Waals surface area contributed by atoms with Crippen LogP contribution in [0.2, 0.25) is 0 Å². The molecular formula is C15H21N3S. The molecule has 0 radical (unpaired) electrons. The average molecular weight is 275 g/mol. The fraction of sp³-hybridized carbons (Fsp3) is 0.400. The van der Waals surface area contributed by atoms with E-state index in [-0.39, 0.29) is 6.04 Å². The molecule has 2 aromatic rings. The highest BCUT2D eigenvalue weighted by Crippen LogP contribution is 2.23. The molecule has 0 saturated heterocycles. The van der Waals surface area contributed by atoms with E-state index in [0.717, 1.165) is 24.4 Å². The van der Waals surface area contributed by atoms with Gasteiger partial charge in [0.25, 0.3) is 0 Å². The summed E-state index contributed by atoms with van der Waals surface area (Å²) >= 11 is 1.80. The summed E-state index contributed by atoms with van der Waals surface area (Å²) in [6.45, 7) is 5.19.